The van der Waals surface area contributed by atoms with Crippen LogP contribution in [0.15, 0.2) is 12.1 Å². The lowest BCUT2D eigenvalue weighted by Gasteiger charge is -2.10. The predicted molar refractivity (Wildman–Crippen MR) is 53.6 cm³/mol. The van der Waals surface area contributed by atoms with Crippen LogP contribution in [0.5, 0.6) is 5.75 Å². The third-order valence-electron chi connectivity index (χ3n) is 1.99. The van der Waals surface area contributed by atoms with E-state index in [2.05, 4.69) is 4.74 Å². The van der Waals surface area contributed by atoms with Gasteiger partial charge in [0.1, 0.15) is 17.1 Å². The topological polar surface area (TPSA) is 35.5 Å². The Balaban J connectivity index is 3.28. The number of aryl methyl sites for hydroxylation is 1. The summed E-state index contributed by atoms with van der Waals surface area (Å²) in [5, 5.41) is 0. The molecule has 0 amide bonds. The standard InChI is InChI=1S/C11H13FO3/c1-4-15-8-6-5-7(2)10(12)9(8)11(13)14-3/h5-6H,4H2,1-3H3. The molecular formula is C11H13FO3. The first-order chi connectivity index (χ1) is 7.11. The second-order valence-corrected chi connectivity index (χ2v) is 2.99. The maximum Gasteiger partial charge on any atom is 0.344 e. The molecule has 0 radical (unpaired) electrons. The lowest BCUT2D eigenvalue weighted by molar-refractivity contribution is 0.0590. The van der Waals surface area contributed by atoms with Crippen molar-refractivity contribution < 1.29 is 18.7 Å². The van der Waals surface area contributed by atoms with Gasteiger partial charge >= 0.3 is 5.97 Å². The molecule has 0 fully saturated rings. The smallest absolute Gasteiger partial charge is 0.344 e. The molecule has 82 valence electrons. The summed E-state index contributed by atoms with van der Waals surface area (Å²) in [6.45, 7) is 3.71. The summed E-state index contributed by atoms with van der Waals surface area (Å²) in [5.74, 6) is -1.10. The zero-order chi connectivity index (χ0) is 11.4. The molecule has 0 aliphatic rings. The van der Waals surface area contributed by atoms with E-state index in [1.807, 2.05) is 0 Å². The third-order valence-corrected chi connectivity index (χ3v) is 1.99. The van der Waals surface area contributed by atoms with Crippen molar-refractivity contribution in [2.45, 2.75) is 13.8 Å². The molecule has 4 heteroatoms. The van der Waals surface area contributed by atoms with E-state index in [4.69, 9.17) is 4.74 Å². The van der Waals surface area contributed by atoms with E-state index in [1.54, 1.807) is 26.0 Å². The molecule has 1 rings (SSSR count). The number of halogens is 1. The van der Waals surface area contributed by atoms with Crippen LogP contribution in [0.4, 0.5) is 4.39 Å². The van der Waals surface area contributed by atoms with Crippen molar-refractivity contribution in [3.8, 4) is 5.75 Å². The zero-order valence-electron chi connectivity index (χ0n) is 8.96. The van der Waals surface area contributed by atoms with Gasteiger partial charge in [-0.3, -0.25) is 0 Å². The molecule has 0 N–H and O–H groups in total. The maximum atomic E-state index is 13.6. The van der Waals surface area contributed by atoms with Crippen molar-refractivity contribution in [1.29, 1.82) is 0 Å². The molecule has 0 saturated carbocycles. The minimum absolute atomic E-state index is 0.139. The van der Waals surface area contributed by atoms with Gasteiger partial charge in [0.05, 0.1) is 13.7 Å². The Kier molecular flexibility index (Phi) is 3.66. The zero-order valence-corrected chi connectivity index (χ0v) is 8.96. The summed E-state index contributed by atoms with van der Waals surface area (Å²) in [4.78, 5) is 11.3. The third kappa shape index (κ3) is 2.26. The van der Waals surface area contributed by atoms with Crippen molar-refractivity contribution in [3.05, 3.63) is 29.1 Å². The molecule has 0 saturated heterocycles. The highest BCUT2D eigenvalue weighted by Gasteiger charge is 2.20. The fourth-order valence-corrected chi connectivity index (χ4v) is 1.23. The van der Waals surface area contributed by atoms with E-state index in [0.29, 0.717) is 12.2 Å². The number of methoxy groups -OCH3 is 1. The fraction of sp³-hybridized carbons (Fsp3) is 0.364. The van der Waals surface area contributed by atoms with Gasteiger partial charge in [0.15, 0.2) is 0 Å². The quantitative estimate of drug-likeness (QED) is 0.721. The van der Waals surface area contributed by atoms with E-state index < -0.39 is 11.8 Å². The Morgan fingerprint density at radius 1 is 1.47 bits per heavy atom. The average molecular weight is 212 g/mol. The summed E-state index contributed by atoms with van der Waals surface area (Å²) in [6.07, 6.45) is 0. The van der Waals surface area contributed by atoms with Crippen molar-refractivity contribution >= 4 is 5.97 Å². The highest BCUT2D eigenvalue weighted by molar-refractivity contribution is 5.93. The van der Waals surface area contributed by atoms with Crippen molar-refractivity contribution in [2.75, 3.05) is 13.7 Å². The van der Waals surface area contributed by atoms with Crippen molar-refractivity contribution in [1.82, 2.24) is 0 Å². The van der Waals surface area contributed by atoms with Crippen LogP contribution in [-0.2, 0) is 4.74 Å². The fourth-order valence-electron chi connectivity index (χ4n) is 1.23. The van der Waals surface area contributed by atoms with Gasteiger partial charge in [-0.05, 0) is 25.5 Å². The molecule has 3 nitrogen and oxygen atoms in total. The van der Waals surface area contributed by atoms with Crippen LogP contribution in [0.1, 0.15) is 22.8 Å². The van der Waals surface area contributed by atoms with Gasteiger partial charge in [-0.2, -0.15) is 0 Å². The molecule has 0 spiro atoms. The van der Waals surface area contributed by atoms with Gasteiger partial charge < -0.3 is 9.47 Å². The Morgan fingerprint density at radius 3 is 2.67 bits per heavy atom. The minimum atomic E-state index is -0.723. The highest BCUT2D eigenvalue weighted by Crippen LogP contribution is 2.24. The van der Waals surface area contributed by atoms with Crippen molar-refractivity contribution in [3.63, 3.8) is 0 Å². The second-order valence-electron chi connectivity index (χ2n) is 2.99. The van der Waals surface area contributed by atoms with Gasteiger partial charge in [-0.15, -0.1) is 0 Å². The van der Waals surface area contributed by atoms with E-state index in [0.717, 1.165) is 0 Å². The molecule has 0 bridgehead atoms. The van der Waals surface area contributed by atoms with Crippen LogP contribution in [0, 0.1) is 12.7 Å². The van der Waals surface area contributed by atoms with E-state index in [9.17, 15) is 9.18 Å². The molecule has 0 aromatic heterocycles. The first kappa shape index (κ1) is 11.5. The molecular weight excluding hydrogens is 199 g/mol. The predicted octanol–water partition coefficient (Wildman–Crippen LogP) is 2.32. The molecule has 0 aliphatic carbocycles. The Hall–Kier alpha value is -1.58. The Labute approximate surface area is 87.8 Å². The maximum absolute atomic E-state index is 13.6. The Bertz CT molecular complexity index is 374. The number of hydrogen-bond acceptors (Lipinski definition) is 3. The van der Waals surface area contributed by atoms with Crippen LogP contribution < -0.4 is 4.74 Å². The van der Waals surface area contributed by atoms with Gasteiger partial charge in [0, 0.05) is 0 Å². The summed E-state index contributed by atoms with van der Waals surface area (Å²) in [5.41, 5.74) is 0.248. The molecule has 15 heavy (non-hydrogen) atoms. The average Bonchev–Trinajstić information content (AvgIpc) is 2.23. The molecule has 0 heterocycles. The SMILES string of the molecule is CCOc1ccc(C)c(F)c1C(=O)OC. The number of esters is 1. The van der Waals surface area contributed by atoms with Crippen LogP contribution in [0.25, 0.3) is 0 Å². The highest BCUT2D eigenvalue weighted by atomic mass is 19.1. The van der Waals surface area contributed by atoms with Crippen LogP contribution in [-0.4, -0.2) is 19.7 Å². The minimum Gasteiger partial charge on any atom is -0.493 e. The molecule has 0 atom stereocenters. The Morgan fingerprint density at radius 2 is 2.13 bits per heavy atom. The van der Waals surface area contributed by atoms with Crippen LogP contribution in [0.3, 0.4) is 0 Å². The summed E-state index contributed by atoms with van der Waals surface area (Å²) < 4.78 is 23.3. The molecule has 0 aliphatic heterocycles. The second kappa shape index (κ2) is 4.77. The van der Waals surface area contributed by atoms with E-state index in [1.165, 1.54) is 7.11 Å². The summed E-state index contributed by atoms with van der Waals surface area (Å²) in [6, 6.07) is 3.13. The number of ether oxygens (including phenoxy) is 2. The number of benzene rings is 1. The van der Waals surface area contributed by atoms with Gasteiger partial charge in [0.2, 0.25) is 0 Å². The van der Waals surface area contributed by atoms with E-state index in [-0.39, 0.29) is 11.3 Å². The first-order valence-electron chi connectivity index (χ1n) is 4.62. The number of rotatable bonds is 3. The molecule has 1 aromatic rings. The molecule has 0 unspecified atom stereocenters. The number of hydrogen-bond donors (Lipinski definition) is 0. The molecule has 1 aromatic carbocycles. The van der Waals surface area contributed by atoms with Gasteiger partial charge in [-0.25, -0.2) is 9.18 Å². The largest absolute Gasteiger partial charge is 0.493 e. The van der Waals surface area contributed by atoms with E-state index >= 15 is 0 Å². The normalized spacial score (nSPS) is 9.87. The lowest BCUT2D eigenvalue weighted by Crippen LogP contribution is -2.09. The number of carbonyl (C=O) groups excluding carboxylic acids is 1. The van der Waals surface area contributed by atoms with Gasteiger partial charge in [-0.1, -0.05) is 6.07 Å². The monoisotopic (exact) mass is 212 g/mol. The summed E-state index contributed by atoms with van der Waals surface area (Å²) in [7, 11) is 1.21. The summed E-state index contributed by atoms with van der Waals surface area (Å²) >= 11 is 0. The first-order valence-corrected chi connectivity index (χ1v) is 4.62. The van der Waals surface area contributed by atoms with Gasteiger partial charge in [0.25, 0.3) is 0 Å². The van der Waals surface area contributed by atoms with Crippen LogP contribution >= 0.6 is 0 Å². The van der Waals surface area contributed by atoms with Crippen molar-refractivity contribution in [2.24, 2.45) is 0 Å². The number of carbonyl (C=O) groups is 1. The lowest BCUT2D eigenvalue weighted by atomic mass is 10.1. The van der Waals surface area contributed by atoms with Crippen LogP contribution in [0.2, 0.25) is 0 Å².